The molecule has 0 aromatic carbocycles. The van der Waals surface area contributed by atoms with Crippen LogP contribution in [0.5, 0.6) is 0 Å². The molecule has 0 radical (unpaired) electrons. The number of carbonyl (C=O) groups excluding carboxylic acids is 1. The molecule has 0 bridgehead atoms. The van der Waals surface area contributed by atoms with E-state index in [1.165, 1.54) is 0 Å². The van der Waals surface area contributed by atoms with Crippen molar-refractivity contribution in [2.45, 2.75) is 57.0 Å². The van der Waals surface area contributed by atoms with Gasteiger partial charge in [-0.2, -0.15) is 0 Å². The molecule has 1 amide bonds. The SMILES string of the molecule is NC[C@H]1CCC[C@H]1C(=O)NC1CCCC(N)C1. The lowest BCUT2D eigenvalue weighted by molar-refractivity contribution is -0.126. The number of hydrogen-bond donors (Lipinski definition) is 3. The van der Waals surface area contributed by atoms with E-state index in [9.17, 15) is 4.79 Å². The molecule has 4 heteroatoms. The molecule has 0 aliphatic heterocycles. The molecule has 2 aliphatic carbocycles. The van der Waals surface area contributed by atoms with Crippen LogP contribution in [-0.4, -0.2) is 24.5 Å². The predicted molar refractivity (Wildman–Crippen MR) is 68.3 cm³/mol. The molecule has 17 heavy (non-hydrogen) atoms. The smallest absolute Gasteiger partial charge is 0.223 e. The van der Waals surface area contributed by atoms with Crippen molar-refractivity contribution in [1.82, 2.24) is 5.32 Å². The Morgan fingerprint density at radius 3 is 2.65 bits per heavy atom. The molecule has 2 saturated carbocycles. The minimum absolute atomic E-state index is 0.151. The number of nitrogens with one attached hydrogen (secondary N) is 1. The highest BCUT2D eigenvalue weighted by molar-refractivity contribution is 5.79. The van der Waals surface area contributed by atoms with E-state index in [2.05, 4.69) is 5.32 Å². The number of carbonyl (C=O) groups is 1. The highest BCUT2D eigenvalue weighted by Crippen LogP contribution is 2.31. The molecule has 4 atom stereocenters. The fourth-order valence-electron chi connectivity index (χ4n) is 3.33. The molecule has 0 spiro atoms. The number of hydrogen-bond acceptors (Lipinski definition) is 3. The van der Waals surface area contributed by atoms with Crippen LogP contribution in [0.2, 0.25) is 0 Å². The maximum atomic E-state index is 12.2. The van der Waals surface area contributed by atoms with Gasteiger partial charge in [-0.1, -0.05) is 6.42 Å². The summed E-state index contributed by atoms with van der Waals surface area (Å²) in [6.07, 6.45) is 7.51. The van der Waals surface area contributed by atoms with Gasteiger partial charge in [0.05, 0.1) is 0 Å². The Labute approximate surface area is 103 Å². The molecule has 2 aliphatic rings. The van der Waals surface area contributed by atoms with E-state index in [0.717, 1.165) is 44.9 Å². The van der Waals surface area contributed by atoms with Gasteiger partial charge in [0.15, 0.2) is 0 Å². The van der Waals surface area contributed by atoms with Crippen molar-refractivity contribution in [1.29, 1.82) is 0 Å². The third-order valence-electron chi connectivity index (χ3n) is 4.36. The first-order chi connectivity index (χ1) is 8.20. The first-order valence-electron chi connectivity index (χ1n) is 6.96. The lowest BCUT2D eigenvalue weighted by Gasteiger charge is -2.29. The molecule has 0 saturated heterocycles. The molecule has 5 N–H and O–H groups in total. The second kappa shape index (κ2) is 5.83. The Morgan fingerprint density at radius 1 is 1.18 bits per heavy atom. The monoisotopic (exact) mass is 239 g/mol. The summed E-state index contributed by atoms with van der Waals surface area (Å²) in [6.45, 7) is 0.641. The molecule has 0 heterocycles. The van der Waals surface area contributed by atoms with Gasteiger partial charge in [0.25, 0.3) is 0 Å². The van der Waals surface area contributed by atoms with Crippen LogP contribution in [0, 0.1) is 11.8 Å². The van der Waals surface area contributed by atoms with E-state index in [-0.39, 0.29) is 17.9 Å². The minimum atomic E-state index is 0.151. The molecule has 0 aromatic heterocycles. The lowest BCUT2D eigenvalue weighted by Crippen LogP contribution is -2.45. The minimum Gasteiger partial charge on any atom is -0.353 e. The zero-order chi connectivity index (χ0) is 12.3. The Hall–Kier alpha value is -0.610. The van der Waals surface area contributed by atoms with Gasteiger partial charge in [-0.05, 0) is 51.0 Å². The first-order valence-corrected chi connectivity index (χ1v) is 6.96. The van der Waals surface area contributed by atoms with Gasteiger partial charge >= 0.3 is 0 Å². The molecule has 2 rings (SSSR count). The maximum Gasteiger partial charge on any atom is 0.223 e. The van der Waals surface area contributed by atoms with Gasteiger partial charge in [0.1, 0.15) is 0 Å². The van der Waals surface area contributed by atoms with Crippen molar-refractivity contribution in [2.24, 2.45) is 23.3 Å². The molecular weight excluding hydrogens is 214 g/mol. The van der Waals surface area contributed by atoms with Crippen LogP contribution in [0.1, 0.15) is 44.9 Å². The average Bonchev–Trinajstić information content (AvgIpc) is 2.77. The van der Waals surface area contributed by atoms with E-state index in [4.69, 9.17) is 11.5 Å². The highest BCUT2D eigenvalue weighted by Gasteiger charge is 2.33. The van der Waals surface area contributed by atoms with Crippen molar-refractivity contribution < 1.29 is 4.79 Å². The summed E-state index contributed by atoms with van der Waals surface area (Å²) in [5.74, 6) is 0.766. The van der Waals surface area contributed by atoms with Crippen molar-refractivity contribution in [3.05, 3.63) is 0 Å². The third-order valence-corrected chi connectivity index (χ3v) is 4.36. The Morgan fingerprint density at radius 2 is 1.94 bits per heavy atom. The van der Waals surface area contributed by atoms with Crippen LogP contribution >= 0.6 is 0 Å². The fourth-order valence-corrected chi connectivity index (χ4v) is 3.33. The number of amides is 1. The second-order valence-electron chi connectivity index (χ2n) is 5.67. The van der Waals surface area contributed by atoms with Gasteiger partial charge in [-0.3, -0.25) is 4.79 Å². The van der Waals surface area contributed by atoms with Crippen LogP contribution in [0.3, 0.4) is 0 Å². The van der Waals surface area contributed by atoms with Crippen LogP contribution in [0.4, 0.5) is 0 Å². The highest BCUT2D eigenvalue weighted by atomic mass is 16.2. The molecule has 4 nitrogen and oxygen atoms in total. The Balaban J connectivity index is 1.83. The summed E-state index contributed by atoms with van der Waals surface area (Å²) in [7, 11) is 0. The molecular formula is C13H25N3O. The van der Waals surface area contributed by atoms with Crippen LogP contribution in [0.15, 0.2) is 0 Å². The Kier molecular flexibility index (Phi) is 4.40. The van der Waals surface area contributed by atoms with E-state index < -0.39 is 0 Å². The molecule has 0 aromatic rings. The molecule has 2 fully saturated rings. The van der Waals surface area contributed by atoms with Crippen LogP contribution < -0.4 is 16.8 Å². The summed E-state index contributed by atoms with van der Waals surface area (Å²) in [5.41, 5.74) is 11.7. The lowest BCUT2D eigenvalue weighted by atomic mass is 9.90. The van der Waals surface area contributed by atoms with E-state index in [1.807, 2.05) is 0 Å². The van der Waals surface area contributed by atoms with Gasteiger partial charge in [-0.15, -0.1) is 0 Å². The number of nitrogens with two attached hydrogens (primary N) is 2. The first kappa shape index (κ1) is 12.8. The standard InChI is InChI=1S/C13H25N3O/c14-8-9-3-1-6-12(9)13(17)16-11-5-2-4-10(15)7-11/h9-12H,1-8,14-15H2,(H,16,17)/t9-,10?,11?,12-/m1/s1. The van der Waals surface area contributed by atoms with E-state index >= 15 is 0 Å². The van der Waals surface area contributed by atoms with Crippen molar-refractivity contribution in [2.75, 3.05) is 6.54 Å². The van der Waals surface area contributed by atoms with Gasteiger partial charge < -0.3 is 16.8 Å². The largest absolute Gasteiger partial charge is 0.353 e. The quantitative estimate of drug-likeness (QED) is 0.679. The van der Waals surface area contributed by atoms with E-state index in [0.29, 0.717) is 18.5 Å². The Bertz CT molecular complexity index is 269. The van der Waals surface area contributed by atoms with Crippen LogP contribution in [0.25, 0.3) is 0 Å². The predicted octanol–water partition coefficient (Wildman–Crippen LogP) is 0.748. The summed E-state index contributed by atoms with van der Waals surface area (Å²) >= 11 is 0. The summed E-state index contributed by atoms with van der Waals surface area (Å²) < 4.78 is 0. The van der Waals surface area contributed by atoms with Crippen LogP contribution in [-0.2, 0) is 4.79 Å². The average molecular weight is 239 g/mol. The molecule has 2 unspecified atom stereocenters. The topological polar surface area (TPSA) is 81.1 Å². The summed E-state index contributed by atoms with van der Waals surface area (Å²) in [4.78, 5) is 12.2. The van der Waals surface area contributed by atoms with Gasteiger partial charge in [-0.25, -0.2) is 0 Å². The van der Waals surface area contributed by atoms with Gasteiger partial charge in [0, 0.05) is 18.0 Å². The third kappa shape index (κ3) is 3.19. The van der Waals surface area contributed by atoms with Gasteiger partial charge in [0.2, 0.25) is 5.91 Å². The second-order valence-corrected chi connectivity index (χ2v) is 5.67. The van der Waals surface area contributed by atoms with Crippen molar-refractivity contribution in [3.8, 4) is 0 Å². The van der Waals surface area contributed by atoms with Crippen molar-refractivity contribution >= 4 is 5.91 Å². The van der Waals surface area contributed by atoms with Crippen molar-refractivity contribution in [3.63, 3.8) is 0 Å². The molecule has 98 valence electrons. The summed E-state index contributed by atoms with van der Waals surface area (Å²) in [6, 6.07) is 0.563. The van der Waals surface area contributed by atoms with E-state index in [1.54, 1.807) is 0 Å². The zero-order valence-corrected chi connectivity index (χ0v) is 10.5. The fraction of sp³-hybridized carbons (Fsp3) is 0.923. The summed E-state index contributed by atoms with van der Waals surface area (Å²) in [5, 5.41) is 3.18. The number of rotatable bonds is 3. The normalized spacial score (nSPS) is 38.0. The maximum absolute atomic E-state index is 12.2. The zero-order valence-electron chi connectivity index (χ0n) is 10.5.